The lowest BCUT2D eigenvalue weighted by molar-refractivity contribution is -0.123. The molecule has 1 unspecified atom stereocenters. The Labute approximate surface area is 127 Å². The monoisotopic (exact) mass is 293 g/mol. The van der Waals surface area contributed by atoms with E-state index in [9.17, 15) is 9.90 Å². The molecule has 0 aliphatic rings. The first-order valence-electron chi connectivity index (χ1n) is 7.62. The standard InChI is InChI=1S/C17H27NO3/c1-5-14(19)8-9-18-17(20)11-21-15-6-7-16(12(2)3)13(4)10-15/h6-7,10,12,14,19H,5,8-9,11H2,1-4H3,(H,18,20). The van der Waals surface area contributed by atoms with E-state index in [1.807, 2.05) is 25.1 Å². The van der Waals surface area contributed by atoms with Crippen LogP contribution in [0, 0.1) is 6.92 Å². The van der Waals surface area contributed by atoms with Gasteiger partial charge < -0.3 is 15.2 Å². The van der Waals surface area contributed by atoms with Gasteiger partial charge in [-0.05, 0) is 48.9 Å². The van der Waals surface area contributed by atoms with Crippen LogP contribution in [0.15, 0.2) is 18.2 Å². The van der Waals surface area contributed by atoms with Crippen molar-refractivity contribution < 1.29 is 14.6 Å². The van der Waals surface area contributed by atoms with E-state index in [0.717, 1.165) is 0 Å². The summed E-state index contributed by atoms with van der Waals surface area (Å²) in [4.78, 5) is 11.6. The van der Waals surface area contributed by atoms with Gasteiger partial charge in [0.05, 0.1) is 6.10 Å². The van der Waals surface area contributed by atoms with Gasteiger partial charge in [0.25, 0.3) is 5.91 Å². The lowest BCUT2D eigenvalue weighted by Crippen LogP contribution is -2.31. The molecule has 0 aliphatic heterocycles. The van der Waals surface area contributed by atoms with Crippen molar-refractivity contribution in [3.8, 4) is 5.75 Å². The third-order valence-electron chi connectivity index (χ3n) is 3.50. The summed E-state index contributed by atoms with van der Waals surface area (Å²) < 4.78 is 5.49. The van der Waals surface area contributed by atoms with Crippen molar-refractivity contribution in [2.24, 2.45) is 0 Å². The fourth-order valence-electron chi connectivity index (χ4n) is 2.17. The molecule has 1 aromatic rings. The zero-order chi connectivity index (χ0) is 15.8. The van der Waals surface area contributed by atoms with Gasteiger partial charge in [-0.1, -0.05) is 26.8 Å². The van der Waals surface area contributed by atoms with Gasteiger partial charge in [-0.25, -0.2) is 0 Å². The molecule has 0 aliphatic carbocycles. The van der Waals surface area contributed by atoms with Crippen LogP contribution in [0.1, 0.15) is 50.7 Å². The molecule has 2 N–H and O–H groups in total. The highest BCUT2D eigenvalue weighted by molar-refractivity contribution is 5.77. The highest BCUT2D eigenvalue weighted by atomic mass is 16.5. The number of amides is 1. The van der Waals surface area contributed by atoms with Crippen molar-refractivity contribution in [1.29, 1.82) is 0 Å². The number of aliphatic hydroxyl groups is 1. The summed E-state index contributed by atoms with van der Waals surface area (Å²) in [7, 11) is 0. The zero-order valence-electron chi connectivity index (χ0n) is 13.5. The number of hydrogen-bond donors (Lipinski definition) is 2. The molecule has 0 spiro atoms. The number of nitrogens with one attached hydrogen (secondary N) is 1. The number of carbonyl (C=O) groups excluding carboxylic acids is 1. The molecule has 1 rings (SSSR count). The molecule has 21 heavy (non-hydrogen) atoms. The highest BCUT2D eigenvalue weighted by Gasteiger charge is 2.07. The average Bonchev–Trinajstić information content (AvgIpc) is 2.44. The quantitative estimate of drug-likeness (QED) is 0.775. The first-order valence-corrected chi connectivity index (χ1v) is 7.62. The number of carbonyl (C=O) groups is 1. The molecular weight excluding hydrogens is 266 g/mol. The maximum atomic E-state index is 11.6. The molecular formula is C17H27NO3. The van der Waals surface area contributed by atoms with Crippen LogP contribution in [0.3, 0.4) is 0 Å². The predicted octanol–water partition coefficient (Wildman–Crippen LogP) is 2.77. The number of benzene rings is 1. The van der Waals surface area contributed by atoms with Gasteiger partial charge in [0.15, 0.2) is 6.61 Å². The normalized spacial score (nSPS) is 12.3. The van der Waals surface area contributed by atoms with Crippen LogP contribution in [0.2, 0.25) is 0 Å². The molecule has 4 nitrogen and oxygen atoms in total. The Bertz CT molecular complexity index is 457. The minimum absolute atomic E-state index is 0.00266. The van der Waals surface area contributed by atoms with Crippen LogP contribution in [-0.4, -0.2) is 30.3 Å². The Morgan fingerprint density at radius 3 is 2.67 bits per heavy atom. The molecule has 4 heteroatoms. The summed E-state index contributed by atoms with van der Waals surface area (Å²) in [6.07, 6.45) is 0.926. The number of rotatable bonds is 8. The van der Waals surface area contributed by atoms with E-state index in [2.05, 4.69) is 26.1 Å². The van der Waals surface area contributed by atoms with Gasteiger partial charge in [0, 0.05) is 6.54 Å². The topological polar surface area (TPSA) is 58.6 Å². The molecule has 0 saturated carbocycles. The summed E-state index contributed by atoms with van der Waals surface area (Å²) in [5.41, 5.74) is 2.47. The summed E-state index contributed by atoms with van der Waals surface area (Å²) in [6, 6.07) is 5.91. The maximum absolute atomic E-state index is 11.6. The number of aliphatic hydroxyl groups excluding tert-OH is 1. The summed E-state index contributed by atoms with van der Waals surface area (Å²) in [6.45, 7) is 8.75. The van der Waals surface area contributed by atoms with E-state index < -0.39 is 0 Å². The van der Waals surface area contributed by atoms with Gasteiger partial charge in [-0.3, -0.25) is 4.79 Å². The van der Waals surface area contributed by atoms with Gasteiger partial charge in [-0.2, -0.15) is 0 Å². The second kappa shape index (κ2) is 8.67. The Morgan fingerprint density at radius 1 is 1.38 bits per heavy atom. The number of hydrogen-bond acceptors (Lipinski definition) is 3. The van der Waals surface area contributed by atoms with Crippen LogP contribution in [-0.2, 0) is 4.79 Å². The summed E-state index contributed by atoms with van der Waals surface area (Å²) in [5, 5.41) is 12.1. The van der Waals surface area contributed by atoms with Crippen molar-refractivity contribution in [3.05, 3.63) is 29.3 Å². The van der Waals surface area contributed by atoms with E-state index in [0.29, 0.717) is 31.1 Å². The average molecular weight is 293 g/mol. The minimum atomic E-state index is -0.350. The van der Waals surface area contributed by atoms with Crippen LogP contribution < -0.4 is 10.1 Å². The third kappa shape index (κ3) is 6.17. The molecule has 0 saturated heterocycles. The predicted molar refractivity (Wildman–Crippen MR) is 84.7 cm³/mol. The van der Waals surface area contributed by atoms with Crippen molar-refractivity contribution in [2.75, 3.05) is 13.2 Å². The fraction of sp³-hybridized carbons (Fsp3) is 0.588. The van der Waals surface area contributed by atoms with Gasteiger partial charge in [-0.15, -0.1) is 0 Å². The molecule has 1 atom stereocenters. The maximum Gasteiger partial charge on any atom is 0.257 e. The second-order valence-corrected chi connectivity index (χ2v) is 5.66. The van der Waals surface area contributed by atoms with E-state index in [4.69, 9.17) is 4.74 Å². The van der Waals surface area contributed by atoms with Crippen LogP contribution >= 0.6 is 0 Å². The molecule has 0 fully saturated rings. The third-order valence-corrected chi connectivity index (χ3v) is 3.50. The summed E-state index contributed by atoms with van der Waals surface area (Å²) in [5.74, 6) is 1.02. The van der Waals surface area contributed by atoms with E-state index in [1.165, 1.54) is 11.1 Å². The molecule has 0 heterocycles. The summed E-state index contributed by atoms with van der Waals surface area (Å²) >= 11 is 0. The first kappa shape index (κ1) is 17.5. The van der Waals surface area contributed by atoms with E-state index >= 15 is 0 Å². The molecule has 118 valence electrons. The number of ether oxygens (including phenoxy) is 1. The molecule has 0 bridgehead atoms. The van der Waals surface area contributed by atoms with Crippen molar-refractivity contribution in [1.82, 2.24) is 5.32 Å². The largest absolute Gasteiger partial charge is 0.484 e. The van der Waals surface area contributed by atoms with E-state index in [-0.39, 0.29) is 18.6 Å². The molecule has 1 aromatic carbocycles. The molecule has 1 amide bonds. The van der Waals surface area contributed by atoms with Crippen LogP contribution in [0.5, 0.6) is 5.75 Å². The van der Waals surface area contributed by atoms with Gasteiger partial charge >= 0.3 is 0 Å². The van der Waals surface area contributed by atoms with Crippen molar-refractivity contribution in [2.45, 2.75) is 52.6 Å². The zero-order valence-corrected chi connectivity index (χ0v) is 13.5. The highest BCUT2D eigenvalue weighted by Crippen LogP contribution is 2.23. The Hall–Kier alpha value is -1.55. The molecule has 0 radical (unpaired) electrons. The van der Waals surface area contributed by atoms with Crippen molar-refractivity contribution in [3.63, 3.8) is 0 Å². The smallest absolute Gasteiger partial charge is 0.257 e. The van der Waals surface area contributed by atoms with Gasteiger partial charge in [0.2, 0.25) is 0 Å². The molecule has 0 aromatic heterocycles. The first-order chi connectivity index (χ1) is 9.93. The van der Waals surface area contributed by atoms with E-state index in [1.54, 1.807) is 0 Å². The Balaban J connectivity index is 2.38. The van der Waals surface area contributed by atoms with Crippen LogP contribution in [0.4, 0.5) is 0 Å². The fourth-order valence-corrected chi connectivity index (χ4v) is 2.17. The SMILES string of the molecule is CCC(O)CCNC(=O)COc1ccc(C(C)C)c(C)c1. The second-order valence-electron chi connectivity index (χ2n) is 5.66. The lowest BCUT2D eigenvalue weighted by atomic mass is 9.98. The number of aryl methyl sites for hydroxylation is 1. The van der Waals surface area contributed by atoms with Crippen molar-refractivity contribution >= 4 is 5.91 Å². The lowest BCUT2D eigenvalue weighted by Gasteiger charge is -2.13. The van der Waals surface area contributed by atoms with Crippen LogP contribution in [0.25, 0.3) is 0 Å². The minimum Gasteiger partial charge on any atom is -0.484 e. The Kier molecular flexibility index (Phi) is 7.23. The van der Waals surface area contributed by atoms with Gasteiger partial charge in [0.1, 0.15) is 5.75 Å². The Morgan fingerprint density at radius 2 is 2.10 bits per heavy atom.